The van der Waals surface area contributed by atoms with Gasteiger partial charge in [0.1, 0.15) is 29.6 Å². The summed E-state index contributed by atoms with van der Waals surface area (Å²) in [6, 6.07) is 19.0. The number of halogens is 3. The number of nitrogens with one attached hydrogen (secondary N) is 4. The van der Waals surface area contributed by atoms with Gasteiger partial charge in [0.2, 0.25) is 29.5 Å². The number of carbonyl (C=O) groups is 5. The fourth-order valence-corrected chi connectivity index (χ4v) is 10.3. The molecule has 6 N–H and O–H groups in total. The zero-order valence-corrected chi connectivity index (χ0v) is 40.7. The minimum absolute atomic E-state index is 0.00939. The lowest BCUT2D eigenvalue weighted by Gasteiger charge is -2.32. The molecule has 3 unspecified atom stereocenters. The van der Waals surface area contributed by atoms with E-state index in [1.165, 1.54) is 30.1 Å². The lowest BCUT2D eigenvalue weighted by Crippen LogP contribution is -2.47. The van der Waals surface area contributed by atoms with E-state index in [1.54, 1.807) is 11.0 Å². The van der Waals surface area contributed by atoms with Gasteiger partial charge in [-0.05, 0) is 134 Å². The van der Waals surface area contributed by atoms with Crippen LogP contribution in [0, 0.1) is 11.8 Å². The minimum Gasteiger partial charge on any atom is -0.406 e. The number of hydrogen-bond donors (Lipinski definition) is 5. The van der Waals surface area contributed by atoms with E-state index < -0.39 is 12.4 Å². The first kappa shape index (κ1) is 51.3. The second-order valence-corrected chi connectivity index (χ2v) is 19.5. The third kappa shape index (κ3) is 13.5. The number of nitrogen functional groups attached to an aromatic ring is 1. The second kappa shape index (κ2) is 23.0. The molecule has 8 rings (SSSR count). The van der Waals surface area contributed by atoms with Crippen molar-refractivity contribution in [1.29, 1.82) is 0 Å². The average Bonchev–Trinajstić information content (AvgIpc) is 3.94. The van der Waals surface area contributed by atoms with Crippen molar-refractivity contribution in [2.75, 3.05) is 55.2 Å². The van der Waals surface area contributed by atoms with E-state index in [4.69, 9.17) is 5.73 Å². The lowest BCUT2D eigenvalue weighted by atomic mass is 9.89. The number of nitrogens with two attached hydrogens (primary N) is 1. The average molecular weight is 993 g/mol. The monoisotopic (exact) mass is 992 g/mol. The summed E-state index contributed by atoms with van der Waals surface area (Å²) in [6.45, 7) is 8.34. The van der Waals surface area contributed by atoms with Crippen LogP contribution in [0.2, 0.25) is 0 Å². The number of aromatic nitrogens is 3. The van der Waals surface area contributed by atoms with E-state index >= 15 is 0 Å². The number of carbonyl (C=O) groups excluding carboxylic acids is 5. The van der Waals surface area contributed by atoms with Crippen LogP contribution in [0.5, 0.6) is 5.75 Å². The van der Waals surface area contributed by atoms with Gasteiger partial charge in [-0.25, -0.2) is 9.97 Å². The Hall–Kier alpha value is -7.02. The molecule has 5 amide bonds. The largest absolute Gasteiger partial charge is 0.573 e. The quantitative estimate of drug-likeness (QED) is 0.0402. The van der Waals surface area contributed by atoms with Crippen LogP contribution in [-0.2, 0) is 43.4 Å². The number of aryl methyl sites for hydroxylation is 1. The van der Waals surface area contributed by atoms with Crippen molar-refractivity contribution in [3.05, 3.63) is 95.9 Å². The summed E-state index contributed by atoms with van der Waals surface area (Å²) >= 11 is 0. The smallest absolute Gasteiger partial charge is 0.406 e. The normalized spacial score (nSPS) is 17.3. The van der Waals surface area contributed by atoms with Crippen LogP contribution in [0.15, 0.2) is 79.3 Å². The lowest BCUT2D eigenvalue weighted by molar-refractivity contribution is -0.274. The van der Waals surface area contributed by atoms with Gasteiger partial charge in [0, 0.05) is 62.2 Å². The van der Waals surface area contributed by atoms with Crippen LogP contribution in [0.4, 0.5) is 30.4 Å². The molecule has 2 saturated heterocycles. The van der Waals surface area contributed by atoms with Gasteiger partial charge in [-0.15, -0.1) is 13.2 Å². The molecule has 0 aliphatic carbocycles. The summed E-state index contributed by atoms with van der Waals surface area (Å²) in [5, 5.41) is 12.5. The molecule has 2 fully saturated rings. The number of ether oxygens (including phenoxy) is 1. The van der Waals surface area contributed by atoms with E-state index in [0.29, 0.717) is 99.1 Å². The highest BCUT2D eigenvalue weighted by Crippen LogP contribution is 2.38. The number of benzene rings is 3. The first-order chi connectivity index (χ1) is 34.5. The molecular formula is C53H63F3N10O6. The molecule has 0 bridgehead atoms. The predicted octanol–water partition coefficient (Wildman–Crippen LogP) is 6.87. The molecule has 382 valence electrons. The van der Waals surface area contributed by atoms with E-state index in [1.807, 2.05) is 41.1 Å². The molecule has 19 heteroatoms. The zero-order chi connectivity index (χ0) is 50.9. The Labute approximate surface area is 416 Å². The molecule has 3 aliphatic heterocycles. The number of amides is 5. The number of fused-ring (bicyclic) bond motifs is 2. The standard InChI is InChI=1S/C53H63F3N10O6/c1-33(15-20-59-47(69)31-64-22-16-37(17-23-64)36-7-10-40(11-8-36)62-43-12-14-45(67)63-52(43)71)25-34(2)26-46(68)58-19-4-21-65-30-42(49-50(57)60-32-61-51(49)65)38-9-13-44-39(29-38)18-24-66(44)48(70)28-35-5-3-6-41(27-35)72-53(54,55)56/h3,5-11,13,27,29-30,32-34,37,43,62H,4,12,14-26,28,31H2,1-2H3,(H,58,68)(H,59,69)(H2,57,60,61)(H,63,67,71). The number of rotatable bonds is 20. The van der Waals surface area contributed by atoms with Crippen molar-refractivity contribution < 1.29 is 41.9 Å². The Morgan fingerprint density at radius 2 is 1.68 bits per heavy atom. The fourth-order valence-electron chi connectivity index (χ4n) is 10.3. The van der Waals surface area contributed by atoms with Gasteiger partial charge in [-0.2, -0.15) is 0 Å². The second-order valence-electron chi connectivity index (χ2n) is 19.5. The van der Waals surface area contributed by atoms with E-state index in [9.17, 15) is 37.1 Å². The molecule has 5 heterocycles. The summed E-state index contributed by atoms with van der Waals surface area (Å²) in [5.74, 6) is 0.114. The number of likely N-dealkylation sites (tertiary alicyclic amines) is 1. The molecule has 2 aromatic heterocycles. The van der Waals surface area contributed by atoms with Gasteiger partial charge in [0.05, 0.1) is 18.4 Å². The molecule has 16 nitrogen and oxygen atoms in total. The van der Waals surface area contributed by atoms with Crippen molar-refractivity contribution in [3.63, 3.8) is 0 Å². The molecule has 3 atom stereocenters. The summed E-state index contributed by atoms with van der Waals surface area (Å²) < 4.78 is 44.3. The van der Waals surface area contributed by atoms with Crippen LogP contribution in [-0.4, -0.2) is 101 Å². The summed E-state index contributed by atoms with van der Waals surface area (Å²) in [7, 11) is 0. The van der Waals surface area contributed by atoms with Crippen molar-refractivity contribution >= 4 is 57.8 Å². The van der Waals surface area contributed by atoms with Gasteiger partial charge < -0.3 is 35.9 Å². The van der Waals surface area contributed by atoms with Crippen molar-refractivity contribution in [2.45, 2.75) is 103 Å². The van der Waals surface area contributed by atoms with Crippen LogP contribution in [0.3, 0.4) is 0 Å². The van der Waals surface area contributed by atoms with Gasteiger partial charge in [0.25, 0.3) is 0 Å². The third-order valence-corrected chi connectivity index (χ3v) is 13.9. The molecule has 0 spiro atoms. The first-order valence-electron chi connectivity index (χ1n) is 24.9. The Balaban J connectivity index is 0.725. The molecule has 3 aliphatic rings. The number of piperidine rings is 2. The van der Waals surface area contributed by atoms with Gasteiger partial charge >= 0.3 is 6.36 Å². The Morgan fingerprint density at radius 1 is 0.903 bits per heavy atom. The van der Waals surface area contributed by atoms with Gasteiger partial charge in [-0.1, -0.05) is 44.2 Å². The maximum Gasteiger partial charge on any atom is 0.573 e. The number of nitrogens with zero attached hydrogens (tertiary/aromatic N) is 5. The highest BCUT2D eigenvalue weighted by atomic mass is 19.4. The van der Waals surface area contributed by atoms with E-state index in [0.717, 1.165) is 66.8 Å². The molecular weight excluding hydrogens is 930 g/mol. The van der Waals surface area contributed by atoms with E-state index in [2.05, 4.69) is 66.9 Å². The third-order valence-electron chi connectivity index (χ3n) is 13.9. The maximum atomic E-state index is 13.4. The fraction of sp³-hybridized carbons (Fsp3) is 0.453. The number of hydrogen-bond acceptors (Lipinski definition) is 11. The van der Waals surface area contributed by atoms with E-state index in [-0.39, 0.29) is 47.6 Å². The van der Waals surface area contributed by atoms with Crippen molar-refractivity contribution in [1.82, 2.24) is 35.4 Å². The summed E-state index contributed by atoms with van der Waals surface area (Å²) in [5.41, 5.74) is 13.0. The molecule has 3 aromatic carbocycles. The highest BCUT2D eigenvalue weighted by molar-refractivity contribution is 6.03. The number of anilines is 3. The number of imide groups is 1. The first-order valence-corrected chi connectivity index (χ1v) is 24.9. The van der Waals surface area contributed by atoms with Gasteiger partial charge in [-0.3, -0.25) is 34.2 Å². The SMILES string of the molecule is CC(CCNC(=O)CN1CCC(c2ccc(NC3CCC(=O)NC3=O)cc2)CC1)CC(C)CC(=O)NCCCn1cc(-c2ccc3c(c2)CCN3C(=O)Cc2cccc(OC(F)(F)F)c2)c2c(N)ncnc21. The highest BCUT2D eigenvalue weighted by Gasteiger charge is 2.32. The van der Waals surface area contributed by atoms with Crippen LogP contribution in [0.25, 0.3) is 22.2 Å². The van der Waals surface area contributed by atoms with Crippen LogP contribution in [0.1, 0.15) is 87.8 Å². The topological polar surface area (TPSA) is 206 Å². The Kier molecular flexibility index (Phi) is 16.4. The summed E-state index contributed by atoms with van der Waals surface area (Å²) in [6.07, 6.45) is 4.56. The maximum absolute atomic E-state index is 13.4. The van der Waals surface area contributed by atoms with Crippen LogP contribution >= 0.6 is 0 Å². The van der Waals surface area contributed by atoms with Crippen molar-refractivity contribution in [2.24, 2.45) is 11.8 Å². The summed E-state index contributed by atoms with van der Waals surface area (Å²) in [4.78, 5) is 75.4. The molecule has 5 aromatic rings. The van der Waals surface area contributed by atoms with Gasteiger partial charge in [0.15, 0.2) is 0 Å². The number of alkyl halides is 3. The molecule has 72 heavy (non-hydrogen) atoms. The zero-order valence-electron chi connectivity index (χ0n) is 40.7. The van der Waals surface area contributed by atoms with Crippen LogP contribution < -0.4 is 36.6 Å². The predicted molar refractivity (Wildman–Crippen MR) is 268 cm³/mol. The molecule has 0 radical (unpaired) electrons. The Bertz CT molecular complexity index is 2760. The minimum atomic E-state index is -4.83. The van der Waals surface area contributed by atoms with Crippen molar-refractivity contribution in [3.8, 4) is 16.9 Å². The Morgan fingerprint density at radius 3 is 2.44 bits per heavy atom. The molecule has 0 saturated carbocycles.